The molecule has 1 saturated heterocycles. The maximum Gasteiger partial charge on any atom is 0.267 e. The summed E-state index contributed by atoms with van der Waals surface area (Å²) in [5.74, 6) is 5.47. The molecule has 1 aromatic heterocycles. The van der Waals surface area contributed by atoms with Crippen LogP contribution in [0.15, 0.2) is 53.6 Å². The first-order valence-electron chi connectivity index (χ1n) is 10.6. The second-order valence-corrected chi connectivity index (χ2v) is 7.75. The number of hydrogen-bond acceptors (Lipinski definition) is 7. The minimum atomic E-state index is -1.05. The van der Waals surface area contributed by atoms with E-state index in [9.17, 15) is 9.59 Å². The van der Waals surface area contributed by atoms with Crippen LogP contribution in [0.4, 0.5) is 0 Å². The van der Waals surface area contributed by atoms with Crippen molar-refractivity contribution >= 4 is 16.8 Å². The first kappa shape index (κ1) is 22.6. The molecule has 1 atom stereocenters. The number of ether oxygens (including phenoxy) is 1. The Hall–Kier alpha value is -3.55. The van der Waals surface area contributed by atoms with Gasteiger partial charge in [0.2, 0.25) is 0 Å². The van der Waals surface area contributed by atoms with Crippen molar-refractivity contribution in [3.63, 3.8) is 0 Å². The van der Waals surface area contributed by atoms with E-state index in [1.165, 1.54) is 17.4 Å². The fraction of sp³-hybridized carbons (Fsp3) is 0.292. The summed E-state index contributed by atoms with van der Waals surface area (Å²) in [4.78, 5) is 31.2. The molecule has 33 heavy (non-hydrogen) atoms. The summed E-state index contributed by atoms with van der Waals surface area (Å²) >= 11 is 0. The molecule has 0 spiro atoms. The van der Waals surface area contributed by atoms with Gasteiger partial charge in [0, 0.05) is 37.3 Å². The number of nitrogens with zero attached hydrogens (tertiary/aromatic N) is 3. The number of hydrogen-bond donors (Lipinski definition) is 3. The number of benzene rings is 2. The van der Waals surface area contributed by atoms with Crippen LogP contribution in [0.2, 0.25) is 0 Å². The highest BCUT2D eigenvalue weighted by atomic mass is 16.5. The van der Waals surface area contributed by atoms with E-state index in [4.69, 9.17) is 15.7 Å². The molecule has 2 heterocycles. The largest absolute Gasteiger partial charge is 0.379 e. The smallest absolute Gasteiger partial charge is 0.267 e. The topological polar surface area (TPSA) is 123 Å². The van der Waals surface area contributed by atoms with Gasteiger partial charge in [-0.05, 0) is 35.9 Å². The number of carbonyl (C=O) groups excluding carboxylic acids is 1. The average molecular weight is 447 g/mol. The van der Waals surface area contributed by atoms with Gasteiger partial charge in [0.25, 0.3) is 11.5 Å². The third-order valence-corrected chi connectivity index (χ3v) is 5.57. The van der Waals surface area contributed by atoms with Crippen LogP contribution in [0.3, 0.4) is 0 Å². The Balaban J connectivity index is 1.51. The van der Waals surface area contributed by atoms with Crippen LogP contribution in [-0.2, 0) is 16.1 Å². The number of fused-ring (bicyclic) bond motifs is 1. The highest BCUT2D eigenvalue weighted by Gasteiger charge is 2.20. The molecule has 0 unspecified atom stereocenters. The van der Waals surface area contributed by atoms with E-state index in [-0.39, 0.29) is 6.54 Å². The predicted molar refractivity (Wildman–Crippen MR) is 123 cm³/mol. The maximum absolute atomic E-state index is 12.8. The van der Waals surface area contributed by atoms with Crippen molar-refractivity contribution in [1.29, 1.82) is 0 Å². The zero-order valence-electron chi connectivity index (χ0n) is 18.0. The monoisotopic (exact) mass is 447 g/mol. The zero-order chi connectivity index (χ0) is 23.2. The van der Waals surface area contributed by atoms with Gasteiger partial charge in [-0.25, -0.2) is 10.5 Å². The van der Waals surface area contributed by atoms with Crippen molar-refractivity contribution in [2.75, 3.05) is 32.8 Å². The molecular weight excluding hydrogens is 422 g/mol. The molecule has 0 aliphatic carbocycles. The van der Waals surface area contributed by atoms with Crippen LogP contribution in [0, 0.1) is 11.8 Å². The molecule has 9 heteroatoms. The highest BCUT2D eigenvalue weighted by Crippen LogP contribution is 2.12. The molecule has 3 aromatic rings. The van der Waals surface area contributed by atoms with Gasteiger partial charge >= 0.3 is 0 Å². The van der Waals surface area contributed by atoms with Gasteiger partial charge in [0.05, 0.1) is 30.4 Å². The molecule has 1 aliphatic rings. The van der Waals surface area contributed by atoms with E-state index in [0.29, 0.717) is 16.5 Å². The lowest BCUT2D eigenvalue weighted by Gasteiger charge is -2.26. The standard InChI is InChI=1S/C24H25N5O4/c25-14-22(23(30)27-32)29-16-26-21-13-18(7-8-20(21)24(29)31)4-1-17-2-5-19(6-3-17)15-28-9-11-33-12-10-28/h2-3,5-8,13,16,22,32H,9-12,14-15,25H2,(H,27,30)/t22-/m0/s1. The summed E-state index contributed by atoms with van der Waals surface area (Å²) in [5.41, 5.74) is 9.99. The van der Waals surface area contributed by atoms with Gasteiger partial charge in [-0.1, -0.05) is 24.0 Å². The molecule has 170 valence electrons. The summed E-state index contributed by atoms with van der Waals surface area (Å²) in [6.07, 6.45) is 1.25. The second-order valence-electron chi connectivity index (χ2n) is 7.75. The Morgan fingerprint density at radius 3 is 2.55 bits per heavy atom. The van der Waals surface area contributed by atoms with E-state index in [0.717, 1.165) is 43.0 Å². The summed E-state index contributed by atoms with van der Waals surface area (Å²) in [6, 6.07) is 12.2. The van der Waals surface area contributed by atoms with Crippen LogP contribution in [0.25, 0.3) is 10.9 Å². The zero-order valence-corrected chi connectivity index (χ0v) is 18.0. The van der Waals surface area contributed by atoms with Crippen LogP contribution in [0.5, 0.6) is 0 Å². The van der Waals surface area contributed by atoms with E-state index in [1.54, 1.807) is 18.2 Å². The van der Waals surface area contributed by atoms with Gasteiger partial charge in [0.15, 0.2) is 0 Å². The first-order chi connectivity index (χ1) is 16.1. The average Bonchev–Trinajstić information content (AvgIpc) is 2.86. The van der Waals surface area contributed by atoms with Gasteiger partial charge in [-0.15, -0.1) is 0 Å². The number of hydroxylamine groups is 1. The summed E-state index contributed by atoms with van der Waals surface area (Å²) < 4.78 is 6.50. The fourth-order valence-corrected chi connectivity index (χ4v) is 3.71. The molecule has 0 saturated carbocycles. The normalized spacial score (nSPS) is 15.0. The van der Waals surface area contributed by atoms with Crippen LogP contribution < -0.4 is 16.8 Å². The number of amides is 1. The van der Waals surface area contributed by atoms with Crippen molar-refractivity contribution < 1.29 is 14.7 Å². The number of aromatic nitrogens is 2. The number of nitrogens with one attached hydrogen (secondary N) is 1. The van der Waals surface area contributed by atoms with Crippen molar-refractivity contribution in [2.45, 2.75) is 12.6 Å². The van der Waals surface area contributed by atoms with Crippen LogP contribution in [-0.4, -0.2) is 58.4 Å². The van der Waals surface area contributed by atoms with Crippen LogP contribution in [0.1, 0.15) is 22.7 Å². The quantitative estimate of drug-likeness (QED) is 0.298. The molecule has 9 nitrogen and oxygen atoms in total. The second kappa shape index (κ2) is 10.4. The number of nitrogens with two attached hydrogens (primary N) is 1. The minimum Gasteiger partial charge on any atom is -0.379 e. The Bertz CT molecular complexity index is 1250. The molecule has 4 N–H and O–H groups in total. The fourth-order valence-electron chi connectivity index (χ4n) is 3.71. The number of morpholine rings is 1. The van der Waals surface area contributed by atoms with E-state index in [1.807, 2.05) is 12.1 Å². The molecule has 4 rings (SSSR count). The number of rotatable bonds is 5. The first-order valence-corrected chi connectivity index (χ1v) is 10.6. The molecule has 0 radical (unpaired) electrons. The Kier molecular flexibility index (Phi) is 7.12. The highest BCUT2D eigenvalue weighted by molar-refractivity contribution is 5.81. The van der Waals surface area contributed by atoms with Crippen LogP contribution >= 0.6 is 0 Å². The van der Waals surface area contributed by atoms with Crippen molar-refractivity contribution in [3.05, 3.63) is 75.8 Å². The van der Waals surface area contributed by atoms with Crippen molar-refractivity contribution in [3.8, 4) is 11.8 Å². The molecular formula is C24H25N5O4. The predicted octanol–water partition coefficient (Wildman–Crippen LogP) is 0.634. The summed E-state index contributed by atoms with van der Waals surface area (Å²) in [5, 5.41) is 9.20. The van der Waals surface area contributed by atoms with E-state index in [2.05, 4.69) is 33.9 Å². The van der Waals surface area contributed by atoms with Gasteiger partial charge < -0.3 is 10.5 Å². The third kappa shape index (κ3) is 5.27. The van der Waals surface area contributed by atoms with Crippen molar-refractivity contribution in [1.82, 2.24) is 19.9 Å². The molecule has 1 amide bonds. The van der Waals surface area contributed by atoms with Gasteiger partial charge in [-0.3, -0.25) is 24.3 Å². The van der Waals surface area contributed by atoms with E-state index >= 15 is 0 Å². The SMILES string of the molecule is NC[C@@H](C(=O)NO)n1cnc2cc(C#Cc3ccc(CN4CCOCC4)cc3)ccc2c1=O. The molecule has 1 fully saturated rings. The minimum absolute atomic E-state index is 0.158. The Morgan fingerprint density at radius 1 is 1.15 bits per heavy atom. The van der Waals surface area contributed by atoms with Crippen molar-refractivity contribution in [2.24, 2.45) is 5.73 Å². The molecule has 1 aliphatic heterocycles. The lowest BCUT2D eigenvalue weighted by atomic mass is 10.1. The Labute approximate surface area is 190 Å². The number of carbonyl (C=O) groups is 1. The lowest BCUT2D eigenvalue weighted by Crippen LogP contribution is -2.40. The maximum atomic E-state index is 12.8. The summed E-state index contributed by atoms with van der Waals surface area (Å²) in [6.45, 7) is 4.20. The van der Waals surface area contributed by atoms with E-state index < -0.39 is 17.5 Å². The molecule has 0 bridgehead atoms. The van der Waals surface area contributed by atoms with Gasteiger partial charge in [-0.2, -0.15) is 0 Å². The summed E-state index contributed by atoms with van der Waals surface area (Å²) in [7, 11) is 0. The molecule has 2 aromatic carbocycles. The third-order valence-electron chi connectivity index (χ3n) is 5.57. The van der Waals surface area contributed by atoms with Gasteiger partial charge in [0.1, 0.15) is 6.04 Å². The lowest BCUT2D eigenvalue weighted by molar-refractivity contribution is -0.132. The Morgan fingerprint density at radius 2 is 1.85 bits per heavy atom.